The molecule has 2 aliphatic rings. The summed E-state index contributed by atoms with van der Waals surface area (Å²) >= 11 is 0. The maximum atomic E-state index is 12.5. The number of benzene rings is 1. The number of halogens is 1. The third-order valence-corrected chi connectivity index (χ3v) is 5.12. The van der Waals surface area contributed by atoms with Crippen molar-refractivity contribution in [2.24, 2.45) is 5.92 Å². The Kier molecular flexibility index (Phi) is 6.18. The first-order chi connectivity index (χ1) is 11.0. The average molecular weight is 354 g/mol. The molecule has 0 radical (unpaired) electrons. The van der Waals surface area contributed by atoms with Gasteiger partial charge in [0, 0.05) is 18.2 Å². The second kappa shape index (κ2) is 7.94. The summed E-state index contributed by atoms with van der Waals surface area (Å²) in [6, 6.07) is 6.54. The van der Waals surface area contributed by atoms with Crippen LogP contribution >= 0.6 is 12.4 Å². The largest absolute Gasteiger partial charge is 0.348 e. The van der Waals surface area contributed by atoms with E-state index in [0.717, 1.165) is 18.4 Å². The Morgan fingerprint density at radius 2 is 2.12 bits per heavy atom. The van der Waals surface area contributed by atoms with Crippen LogP contribution in [0.3, 0.4) is 0 Å². The average Bonchev–Trinajstić information content (AvgIpc) is 2.99. The second-order valence-corrected chi connectivity index (χ2v) is 6.69. The van der Waals surface area contributed by atoms with E-state index in [9.17, 15) is 14.9 Å². The van der Waals surface area contributed by atoms with E-state index in [0.29, 0.717) is 12.0 Å². The van der Waals surface area contributed by atoms with Crippen LogP contribution in [-0.2, 0) is 4.79 Å². The standard InChI is InChI=1S/C17H23N3O3.ClH/c1-11(12-6-4-7-14(9-12)20(22)23)18-17(21)16-10-13-5-2-3-8-15(13)19-16;/h4,6-7,9,11,13,15-16,19H,2-3,5,8,10H2,1H3,(H,18,21);1H. The van der Waals surface area contributed by atoms with Gasteiger partial charge in [0.15, 0.2) is 0 Å². The highest BCUT2D eigenvalue weighted by Gasteiger charge is 2.38. The van der Waals surface area contributed by atoms with Crippen LogP contribution in [0.4, 0.5) is 5.69 Å². The molecule has 1 aliphatic carbocycles. The van der Waals surface area contributed by atoms with Gasteiger partial charge in [0.05, 0.1) is 17.0 Å². The number of fused-ring (bicyclic) bond motifs is 1. The van der Waals surface area contributed by atoms with Crippen LogP contribution < -0.4 is 10.6 Å². The zero-order valence-electron chi connectivity index (χ0n) is 13.7. The molecule has 2 fully saturated rings. The van der Waals surface area contributed by atoms with E-state index in [1.165, 1.54) is 31.4 Å². The van der Waals surface area contributed by atoms with Crippen molar-refractivity contribution < 1.29 is 9.72 Å². The fourth-order valence-electron chi connectivity index (χ4n) is 3.83. The summed E-state index contributed by atoms with van der Waals surface area (Å²) in [6.07, 6.45) is 5.78. The Hall–Kier alpha value is -1.66. The molecule has 1 saturated carbocycles. The van der Waals surface area contributed by atoms with E-state index in [1.807, 2.05) is 6.92 Å². The lowest BCUT2D eigenvalue weighted by molar-refractivity contribution is -0.384. The van der Waals surface area contributed by atoms with Crippen LogP contribution in [0.5, 0.6) is 0 Å². The van der Waals surface area contributed by atoms with Gasteiger partial charge in [-0.15, -0.1) is 12.4 Å². The third kappa shape index (κ3) is 4.05. The lowest BCUT2D eigenvalue weighted by Gasteiger charge is -2.24. The van der Waals surface area contributed by atoms with Gasteiger partial charge in [-0.1, -0.05) is 25.0 Å². The number of nitro benzene ring substituents is 1. The quantitative estimate of drug-likeness (QED) is 0.643. The van der Waals surface area contributed by atoms with Gasteiger partial charge in [-0.25, -0.2) is 0 Å². The molecule has 1 amide bonds. The van der Waals surface area contributed by atoms with Crippen LogP contribution in [0.2, 0.25) is 0 Å². The first-order valence-electron chi connectivity index (χ1n) is 8.35. The molecule has 24 heavy (non-hydrogen) atoms. The van der Waals surface area contributed by atoms with Crippen molar-refractivity contribution in [2.75, 3.05) is 0 Å². The first kappa shape index (κ1) is 18.7. The molecule has 3 rings (SSSR count). The number of nitro groups is 1. The molecule has 4 atom stereocenters. The Balaban J connectivity index is 0.00000208. The molecule has 1 aromatic carbocycles. The van der Waals surface area contributed by atoms with E-state index in [-0.39, 0.29) is 36.1 Å². The fourth-order valence-corrected chi connectivity index (χ4v) is 3.83. The molecule has 1 heterocycles. The molecule has 1 aromatic rings. The zero-order valence-corrected chi connectivity index (χ0v) is 14.6. The highest BCUT2D eigenvalue weighted by molar-refractivity contribution is 5.85. The molecule has 7 heteroatoms. The molecular formula is C17H24ClN3O3. The molecular weight excluding hydrogens is 330 g/mol. The number of non-ortho nitro benzene ring substituents is 1. The summed E-state index contributed by atoms with van der Waals surface area (Å²) in [4.78, 5) is 22.9. The van der Waals surface area contributed by atoms with Crippen molar-refractivity contribution in [3.8, 4) is 0 Å². The predicted molar refractivity (Wildman–Crippen MR) is 94.2 cm³/mol. The van der Waals surface area contributed by atoms with Crippen LogP contribution in [0.25, 0.3) is 0 Å². The number of hydrogen-bond acceptors (Lipinski definition) is 4. The molecule has 2 N–H and O–H groups in total. The normalized spacial score (nSPS) is 26.8. The van der Waals surface area contributed by atoms with Gasteiger partial charge < -0.3 is 10.6 Å². The van der Waals surface area contributed by atoms with E-state index in [2.05, 4.69) is 10.6 Å². The Morgan fingerprint density at radius 1 is 1.38 bits per heavy atom. The third-order valence-electron chi connectivity index (χ3n) is 5.12. The smallest absolute Gasteiger partial charge is 0.269 e. The highest BCUT2D eigenvalue weighted by atomic mass is 35.5. The molecule has 1 saturated heterocycles. The maximum Gasteiger partial charge on any atom is 0.269 e. The number of nitrogens with one attached hydrogen (secondary N) is 2. The Bertz CT molecular complexity index is 596. The Labute approximate surface area is 148 Å². The summed E-state index contributed by atoms with van der Waals surface area (Å²) in [6.45, 7) is 1.86. The minimum atomic E-state index is -0.415. The van der Waals surface area contributed by atoms with E-state index >= 15 is 0 Å². The predicted octanol–water partition coefficient (Wildman–Crippen LogP) is 3.11. The molecule has 132 valence electrons. The molecule has 0 aromatic heterocycles. The molecule has 0 spiro atoms. The van der Waals surface area contributed by atoms with E-state index in [1.54, 1.807) is 12.1 Å². The van der Waals surface area contributed by atoms with Crippen molar-refractivity contribution in [3.63, 3.8) is 0 Å². The van der Waals surface area contributed by atoms with E-state index in [4.69, 9.17) is 0 Å². The lowest BCUT2D eigenvalue weighted by atomic mass is 9.85. The maximum absolute atomic E-state index is 12.5. The summed E-state index contributed by atoms with van der Waals surface area (Å²) in [5.41, 5.74) is 0.802. The SMILES string of the molecule is CC(NC(=O)C1CC2CCCCC2N1)c1cccc([N+](=O)[O-])c1.Cl. The summed E-state index contributed by atoms with van der Waals surface area (Å²) in [5, 5.41) is 17.3. The monoisotopic (exact) mass is 353 g/mol. The van der Waals surface area contributed by atoms with Gasteiger partial charge in [0.25, 0.3) is 5.69 Å². The van der Waals surface area contributed by atoms with Crippen molar-refractivity contribution in [1.29, 1.82) is 0 Å². The Morgan fingerprint density at radius 3 is 2.83 bits per heavy atom. The van der Waals surface area contributed by atoms with Crippen LogP contribution in [-0.4, -0.2) is 22.9 Å². The first-order valence-corrected chi connectivity index (χ1v) is 8.35. The van der Waals surface area contributed by atoms with Gasteiger partial charge in [0.1, 0.15) is 0 Å². The minimum absolute atomic E-state index is 0. The van der Waals surface area contributed by atoms with Crippen LogP contribution in [0.1, 0.15) is 50.6 Å². The van der Waals surface area contributed by atoms with Crippen LogP contribution in [0.15, 0.2) is 24.3 Å². The van der Waals surface area contributed by atoms with Gasteiger partial charge in [-0.05, 0) is 37.7 Å². The number of nitrogens with zero attached hydrogens (tertiary/aromatic N) is 1. The van der Waals surface area contributed by atoms with Gasteiger partial charge in [-0.2, -0.15) is 0 Å². The number of amides is 1. The van der Waals surface area contributed by atoms with Crippen molar-refractivity contribution >= 4 is 24.0 Å². The molecule has 4 unspecified atom stereocenters. The van der Waals surface area contributed by atoms with E-state index < -0.39 is 4.92 Å². The fraction of sp³-hybridized carbons (Fsp3) is 0.588. The topological polar surface area (TPSA) is 84.3 Å². The van der Waals surface area contributed by atoms with Crippen LogP contribution in [0, 0.1) is 16.0 Å². The van der Waals surface area contributed by atoms with Gasteiger partial charge >= 0.3 is 0 Å². The number of hydrogen-bond donors (Lipinski definition) is 2. The van der Waals surface area contributed by atoms with Crippen molar-refractivity contribution in [1.82, 2.24) is 10.6 Å². The molecule has 1 aliphatic heterocycles. The number of carbonyl (C=O) groups is 1. The summed E-state index contributed by atoms with van der Waals surface area (Å²) < 4.78 is 0. The number of carbonyl (C=O) groups excluding carboxylic acids is 1. The molecule has 6 nitrogen and oxygen atoms in total. The summed E-state index contributed by atoms with van der Waals surface area (Å²) in [7, 11) is 0. The second-order valence-electron chi connectivity index (χ2n) is 6.69. The highest BCUT2D eigenvalue weighted by Crippen LogP contribution is 2.33. The molecule has 0 bridgehead atoms. The lowest BCUT2D eigenvalue weighted by Crippen LogP contribution is -2.43. The number of rotatable bonds is 4. The van der Waals surface area contributed by atoms with Gasteiger partial charge in [-0.3, -0.25) is 14.9 Å². The zero-order chi connectivity index (χ0) is 16.4. The minimum Gasteiger partial charge on any atom is -0.348 e. The van der Waals surface area contributed by atoms with Crippen molar-refractivity contribution in [2.45, 2.75) is 57.2 Å². The van der Waals surface area contributed by atoms with Crippen molar-refractivity contribution in [3.05, 3.63) is 39.9 Å². The summed E-state index contributed by atoms with van der Waals surface area (Å²) in [5.74, 6) is 0.617. The van der Waals surface area contributed by atoms with Gasteiger partial charge in [0.2, 0.25) is 5.91 Å².